The molecule has 1 aliphatic heterocycles. The number of aromatic amines is 1. The lowest BCUT2D eigenvalue weighted by atomic mass is 10.1. The topological polar surface area (TPSA) is 104 Å². The number of hydrogen-bond donors (Lipinski definition) is 2. The monoisotopic (exact) mass is 403 g/mol. The molecule has 3 heterocycles. The number of aromatic nitrogens is 3. The predicted octanol–water partition coefficient (Wildman–Crippen LogP) is 3.95. The molecule has 2 aromatic carbocycles. The minimum atomic E-state index is -0.380. The summed E-state index contributed by atoms with van der Waals surface area (Å²) in [6.07, 6.45) is 1.27. The number of benzene rings is 2. The van der Waals surface area contributed by atoms with Crippen LogP contribution >= 0.6 is 12.2 Å². The standard InChI is InChI=1S/C20H13N5O3S/c26-16-10-17(27)25(14-6-5-11-3-1-2-4-13(11)18(14)22-16)15-9-12(7-8-21-15)19-23-20(29)28-24-19/h1-9H,10H2,(H,22,26)(H,23,24,29). The van der Waals surface area contributed by atoms with E-state index in [1.54, 1.807) is 24.4 Å². The molecule has 4 aromatic rings. The average molecular weight is 403 g/mol. The fourth-order valence-electron chi connectivity index (χ4n) is 3.40. The van der Waals surface area contributed by atoms with Crippen LogP contribution < -0.4 is 10.2 Å². The number of nitrogens with zero attached hydrogens (tertiary/aromatic N) is 3. The van der Waals surface area contributed by atoms with Crippen molar-refractivity contribution in [2.24, 2.45) is 0 Å². The van der Waals surface area contributed by atoms with Gasteiger partial charge in [-0.2, -0.15) is 4.98 Å². The molecule has 9 heteroatoms. The molecule has 0 radical (unpaired) electrons. The zero-order chi connectivity index (χ0) is 20.0. The molecule has 1 aliphatic rings. The van der Waals surface area contributed by atoms with Crippen LogP contribution in [0.1, 0.15) is 6.42 Å². The molecule has 5 rings (SSSR count). The van der Waals surface area contributed by atoms with E-state index in [1.807, 2.05) is 30.3 Å². The van der Waals surface area contributed by atoms with Gasteiger partial charge in [-0.3, -0.25) is 14.5 Å². The van der Waals surface area contributed by atoms with Crippen molar-refractivity contribution >= 4 is 52.0 Å². The van der Waals surface area contributed by atoms with E-state index in [-0.39, 0.29) is 23.1 Å². The highest BCUT2D eigenvalue weighted by Crippen LogP contribution is 2.39. The average Bonchev–Trinajstić information content (AvgIpc) is 3.10. The second-order valence-corrected chi connectivity index (χ2v) is 6.82. The van der Waals surface area contributed by atoms with E-state index in [4.69, 9.17) is 16.7 Å². The first-order valence-corrected chi connectivity index (χ1v) is 9.17. The molecule has 29 heavy (non-hydrogen) atoms. The smallest absolute Gasteiger partial charge is 0.314 e. The van der Waals surface area contributed by atoms with Gasteiger partial charge in [-0.05, 0) is 35.8 Å². The van der Waals surface area contributed by atoms with Gasteiger partial charge in [-0.25, -0.2) is 10.1 Å². The summed E-state index contributed by atoms with van der Waals surface area (Å²) >= 11 is 4.90. The number of carbonyl (C=O) groups excluding carboxylic acids is 2. The lowest BCUT2D eigenvalue weighted by Gasteiger charge is -2.22. The van der Waals surface area contributed by atoms with Crippen molar-refractivity contribution in [1.29, 1.82) is 0 Å². The minimum absolute atomic E-state index is 0.0795. The van der Waals surface area contributed by atoms with Crippen molar-refractivity contribution < 1.29 is 14.1 Å². The van der Waals surface area contributed by atoms with Crippen molar-refractivity contribution in [3.8, 4) is 11.4 Å². The quantitative estimate of drug-likeness (QED) is 0.388. The molecule has 0 saturated heterocycles. The number of rotatable bonds is 2. The molecule has 0 saturated carbocycles. The Balaban J connectivity index is 1.71. The van der Waals surface area contributed by atoms with E-state index < -0.39 is 0 Å². The van der Waals surface area contributed by atoms with Crippen LogP contribution in [0.25, 0.3) is 22.2 Å². The first kappa shape index (κ1) is 17.3. The second kappa shape index (κ2) is 6.64. The molecule has 2 amide bonds. The van der Waals surface area contributed by atoms with Crippen molar-refractivity contribution in [1.82, 2.24) is 15.1 Å². The molecule has 8 nitrogen and oxygen atoms in total. The zero-order valence-corrected chi connectivity index (χ0v) is 15.7. The molecule has 2 aromatic heterocycles. The Bertz CT molecular complexity index is 1340. The van der Waals surface area contributed by atoms with Gasteiger partial charge in [0.05, 0.1) is 11.4 Å². The molecular formula is C20H13N5O3S. The van der Waals surface area contributed by atoms with Gasteiger partial charge in [0.15, 0.2) is 5.82 Å². The van der Waals surface area contributed by atoms with Crippen LogP contribution in [0.5, 0.6) is 0 Å². The summed E-state index contributed by atoms with van der Waals surface area (Å²) in [5.41, 5.74) is 1.78. The lowest BCUT2D eigenvalue weighted by Crippen LogP contribution is -2.27. The summed E-state index contributed by atoms with van der Waals surface area (Å²) in [6.45, 7) is 0. The minimum Gasteiger partial charge on any atom is -0.348 e. The Kier molecular flexibility index (Phi) is 3.95. The highest BCUT2D eigenvalue weighted by Gasteiger charge is 2.29. The summed E-state index contributed by atoms with van der Waals surface area (Å²) in [7, 11) is 0. The zero-order valence-electron chi connectivity index (χ0n) is 14.9. The highest BCUT2D eigenvalue weighted by atomic mass is 32.1. The van der Waals surface area contributed by atoms with Crippen LogP contribution in [-0.2, 0) is 9.59 Å². The van der Waals surface area contributed by atoms with Crippen molar-refractivity contribution in [3.63, 3.8) is 0 Å². The Morgan fingerprint density at radius 3 is 2.79 bits per heavy atom. The Morgan fingerprint density at radius 1 is 1.10 bits per heavy atom. The second-order valence-electron chi connectivity index (χ2n) is 6.47. The lowest BCUT2D eigenvalue weighted by molar-refractivity contribution is -0.124. The SMILES string of the molecule is O=C1CC(=O)N(c2cc(-c3nc(=S)o[nH]3)ccn2)c2ccc3ccccc3c2N1. The van der Waals surface area contributed by atoms with Gasteiger partial charge < -0.3 is 9.84 Å². The third-order valence-corrected chi connectivity index (χ3v) is 4.83. The number of nitrogens with one attached hydrogen (secondary N) is 2. The summed E-state index contributed by atoms with van der Waals surface area (Å²) in [6, 6.07) is 14.8. The van der Waals surface area contributed by atoms with Crippen LogP contribution in [-0.4, -0.2) is 26.9 Å². The van der Waals surface area contributed by atoms with Crippen LogP contribution in [0.4, 0.5) is 17.2 Å². The maximum Gasteiger partial charge on any atom is 0.314 e. The Hall–Kier alpha value is -3.85. The first-order chi connectivity index (χ1) is 14.1. The van der Waals surface area contributed by atoms with Gasteiger partial charge in [-0.15, -0.1) is 0 Å². The third-order valence-electron chi connectivity index (χ3n) is 4.66. The predicted molar refractivity (Wildman–Crippen MR) is 109 cm³/mol. The van der Waals surface area contributed by atoms with Crippen LogP contribution in [0.15, 0.2) is 59.3 Å². The van der Waals surface area contributed by atoms with E-state index in [2.05, 4.69) is 20.4 Å². The number of fused-ring (bicyclic) bond motifs is 3. The Morgan fingerprint density at radius 2 is 1.97 bits per heavy atom. The molecule has 142 valence electrons. The summed E-state index contributed by atoms with van der Waals surface area (Å²) in [5, 5.41) is 7.31. The number of carbonyl (C=O) groups is 2. The van der Waals surface area contributed by atoms with Gasteiger partial charge in [0.1, 0.15) is 12.2 Å². The van der Waals surface area contributed by atoms with Gasteiger partial charge in [0.25, 0.3) is 0 Å². The van der Waals surface area contributed by atoms with Gasteiger partial charge in [0.2, 0.25) is 11.8 Å². The van der Waals surface area contributed by atoms with E-state index in [1.165, 1.54) is 4.90 Å². The fraction of sp³-hybridized carbons (Fsp3) is 0.0500. The number of pyridine rings is 1. The molecule has 0 atom stereocenters. The number of H-pyrrole nitrogens is 1. The van der Waals surface area contributed by atoms with E-state index in [9.17, 15) is 9.59 Å². The van der Waals surface area contributed by atoms with E-state index in [0.29, 0.717) is 28.6 Å². The van der Waals surface area contributed by atoms with Crippen LogP contribution in [0.2, 0.25) is 0 Å². The van der Waals surface area contributed by atoms with Gasteiger partial charge >= 0.3 is 4.84 Å². The van der Waals surface area contributed by atoms with E-state index in [0.717, 1.165) is 10.8 Å². The maximum absolute atomic E-state index is 12.9. The maximum atomic E-state index is 12.9. The normalized spacial score (nSPS) is 13.9. The molecule has 0 bridgehead atoms. The summed E-state index contributed by atoms with van der Waals surface area (Å²) in [5.74, 6) is 0.0396. The molecule has 2 N–H and O–H groups in total. The van der Waals surface area contributed by atoms with Crippen molar-refractivity contribution in [2.45, 2.75) is 6.42 Å². The van der Waals surface area contributed by atoms with Gasteiger partial charge in [-0.1, -0.05) is 30.3 Å². The fourth-order valence-corrected chi connectivity index (χ4v) is 3.54. The summed E-state index contributed by atoms with van der Waals surface area (Å²) < 4.78 is 4.99. The van der Waals surface area contributed by atoms with E-state index >= 15 is 0 Å². The molecule has 0 fully saturated rings. The van der Waals surface area contributed by atoms with Gasteiger partial charge in [0, 0.05) is 17.1 Å². The summed E-state index contributed by atoms with van der Waals surface area (Å²) in [4.78, 5) is 35.3. The number of anilines is 3. The molecule has 0 unspecified atom stereocenters. The van der Waals surface area contributed by atoms with Crippen LogP contribution in [0.3, 0.4) is 0 Å². The van der Waals surface area contributed by atoms with Crippen molar-refractivity contribution in [3.05, 3.63) is 59.6 Å². The largest absolute Gasteiger partial charge is 0.348 e. The molecule has 0 spiro atoms. The molecule has 0 aliphatic carbocycles. The molecular weight excluding hydrogens is 390 g/mol. The third kappa shape index (κ3) is 2.97. The number of hydrogen-bond acceptors (Lipinski definition) is 6. The Labute approximate surface area is 169 Å². The van der Waals surface area contributed by atoms with Crippen molar-refractivity contribution in [2.75, 3.05) is 10.2 Å². The highest BCUT2D eigenvalue weighted by molar-refractivity contribution is 7.71. The first-order valence-electron chi connectivity index (χ1n) is 8.76. The number of amides is 2. The van der Waals surface area contributed by atoms with Crippen LogP contribution in [0, 0.1) is 4.84 Å².